The number of hydrogen-bond donors (Lipinski definition) is 0. The smallest absolute Gasteiger partial charge is 0.222 e. The van der Waals surface area contributed by atoms with E-state index in [1.165, 1.54) is 5.70 Å². The van der Waals surface area contributed by atoms with Gasteiger partial charge in [-0.05, 0) is 18.9 Å². The molecule has 1 amide bonds. The molecule has 2 rings (SSSR count). The summed E-state index contributed by atoms with van der Waals surface area (Å²) in [6.07, 6.45) is 9.69. The van der Waals surface area contributed by atoms with Gasteiger partial charge in [0.05, 0.1) is 0 Å². The average Bonchev–Trinajstić information content (AvgIpc) is 2.39. The van der Waals surface area contributed by atoms with Crippen molar-refractivity contribution in [3.63, 3.8) is 0 Å². The highest BCUT2D eigenvalue weighted by atomic mass is 16.2. The Kier molecular flexibility index (Phi) is 3.65. The minimum Gasteiger partial charge on any atom is -0.368 e. The molecular formula is C13H20N2O. The Bertz CT molecular complexity index is 312. The topological polar surface area (TPSA) is 23.6 Å². The normalized spacial score (nSPS) is 20.9. The van der Waals surface area contributed by atoms with Gasteiger partial charge in [0.2, 0.25) is 5.91 Å². The largest absolute Gasteiger partial charge is 0.368 e. The lowest BCUT2D eigenvalue weighted by atomic mass is 10.1. The van der Waals surface area contributed by atoms with Crippen molar-refractivity contribution >= 4 is 5.91 Å². The number of allylic oxidation sites excluding steroid dienone is 3. The maximum absolute atomic E-state index is 11.5. The molecule has 0 aromatic heterocycles. The number of rotatable bonds is 2. The van der Waals surface area contributed by atoms with E-state index >= 15 is 0 Å². The zero-order valence-electron chi connectivity index (χ0n) is 9.98. The first-order valence-corrected chi connectivity index (χ1v) is 6.20. The van der Waals surface area contributed by atoms with Crippen molar-refractivity contribution < 1.29 is 4.79 Å². The quantitative estimate of drug-likeness (QED) is 0.708. The van der Waals surface area contributed by atoms with Crippen LogP contribution in [0.5, 0.6) is 0 Å². The molecule has 0 radical (unpaired) electrons. The molecule has 0 aromatic carbocycles. The summed E-state index contributed by atoms with van der Waals surface area (Å²) < 4.78 is 0. The van der Waals surface area contributed by atoms with E-state index in [2.05, 4.69) is 23.1 Å². The maximum atomic E-state index is 11.5. The van der Waals surface area contributed by atoms with Crippen molar-refractivity contribution in [1.82, 2.24) is 9.80 Å². The van der Waals surface area contributed by atoms with E-state index in [4.69, 9.17) is 0 Å². The van der Waals surface area contributed by atoms with Gasteiger partial charge in [0.15, 0.2) is 0 Å². The molecule has 0 atom stereocenters. The molecule has 0 N–H and O–H groups in total. The predicted octanol–water partition coefficient (Wildman–Crippen LogP) is 1.77. The summed E-state index contributed by atoms with van der Waals surface area (Å²) >= 11 is 0. The Hall–Kier alpha value is -1.25. The molecule has 3 heteroatoms. The molecule has 1 aliphatic heterocycles. The number of carbonyl (C=O) groups is 1. The van der Waals surface area contributed by atoms with Gasteiger partial charge in [0.1, 0.15) is 0 Å². The Balaban J connectivity index is 1.87. The molecule has 1 heterocycles. The molecule has 1 saturated heterocycles. The molecule has 16 heavy (non-hydrogen) atoms. The Labute approximate surface area is 97.4 Å². The van der Waals surface area contributed by atoms with Gasteiger partial charge < -0.3 is 9.80 Å². The lowest BCUT2D eigenvalue weighted by molar-refractivity contribution is -0.132. The van der Waals surface area contributed by atoms with Crippen LogP contribution in [0.15, 0.2) is 23.9 Å². The lowest BCUT2D eigenvalue weighted by Gasteiger charge is -2.37. The van der Waals surface area contributed by atoms with Crippen molar-refractivity contribution in [3.05, 3.63) is 23.9 Å². The van der Waals surface area contributed by atoms with Crippen LogP contribution in [0.1, 0.15) is 26.2 Å². The Morgan fingerprint density at radius 3 is 2.56 bits per heavy atom. The molecule has 0 aromatic rings. The summed E-state index contributed by atoms with van der Waals surface area (Å²) in [6.45, 7) is 5.63. The van der Waals surface area contributed by atoms with Gasteiger partial charge >= 0.3 is 0 Å². The molecule has 0 spiro atoms. The van der Waals surface area contributed by atoms with Crippen molar-refractivity contribution in [2.75, 3.05) is 26.2 Å². The first kappa shape index (κ1) is 11.2. The van der Waals surface area contributed by atoms with Crippen molar-refractivity contribution in [2.24, 2.45) is 0 Å². The van der Waals surface area contributed by atoms with Gasteiger partial charge in [0.25, 0.3) is 0 Å². The van der Waals surface area contributed by atoms with Crippen LogP contribution in [-0.2, 0) is 4.79 Å². The minimum atomic E-state index is 0.285. The van der Waals surface area contributed by atoms with Crippen molar-refractivity contribution in [2.45, 2.75) is 26.2 Å². The fourth-order valence-electron chi connectivity index (χ4n) is 2.27. The first-order chi connectivity index (χ1) is 7.81. The third-order valence-electron chi connectivity index (χ3n) is 3.28. The Morgan fingerprint density at radius 1 is 1.25 bits per heavy atom. The second-order valence-corrected chi connectivity index (χ2v) is 4.33. The van der Waals surface area contributed by atoms with Gasteiger partial charge in [-0.3, -0.25) is 4.79 Å². The summed E-state index contributed by atoms with van der Waals surface area (Å²) in [5, 5.41) is 0. The summed E-state index contributed by atoms with van der Waals surface area (Å²) in [6, 6.07) is 0. The molecule has 0 unspecified atom stereocenters. The van der Waals surface area contributed by atoms with Crippen LogP contribution in [0.4, 0.5) is 0 Å². The standard InChI is InChI=1S/C13H20N2O/c1-2-13(16)15-10-8-14(9-11-15)12-6-4-3-5-7-12/h4,6-7H,2-3,5,8-11H2,1H3. The fourth-order valence-corrected chi connectivity index (χ4v) is 2.27. The second-order valence-electron chi connectivity index (χ2n) is 4.33. The zero-order chi connectivity index (χ0) is 11.4. The first-order valence-electron chi connectivity index (χ1n) is 6.20. The highest BCUT2D eigenvalue weighted by Crippen LogP contribution is 2.16. The summed E-state index contributed by atoms with van der Waals surface area (Å²) in [5.41, 5.74) is 1.34. The highest BCUT2D eigenvalue weighted by Gasteiger charge is 2.20. The van der Waals surface area contributed by atoms with Gasteiger partial charge in [-0.2, -0.15) is 0 Å². The van der Waals surface area contributed by atoms with Gasteiger partial charge in [-0.1, -0.05) is 19.1 Å². The molecule has 0 bridgehead atoms. The molecule has 2 aliphatic rings. The van der Waals surface area contributed by atoms with E-state index in [0.717, 1.165) is 39.0 Å². The van der Waals surface area contributed by atoms with E-state index < -0.39 is 0 Å². The lowest BCUT2D eigenvalue weighted by Crippen LogP contribution is -2.47. The van der Waals surface area contributed by atoms with Gasteiger partial charge in [-0.15, -0.1) is 0 Å². The van der Waals surface area contributed by atoms with E-state index in [-0.39, 0.29) is 5.91 Å². The number of piperazine rings is 1. The van der Waals surface area contributed by atoms with Crippen LogP contribution in [-0.4, -0.2) is 41.9 Å². The zero-order valence-corrected chi connectivity index (χ0v) is 9.98. The van der Waals surface area contributed by atoms with Crippen LogP contribution in [0.3, 0.4) is 0 Å². The summed E-state index contributed by atoms with van der Waals surface area (Å²) in [5.74, 6) is 0.285. The SMILES string of the molecule is CCC(=O)N1CCN(C2=CCCC=C2)CC1. The summed E-state index contributed by atoms with van der Waals surface area (Å²) in [4.78, 5) is 15.9. The van der Waals surface area contributed by atoms with Crippen LogP contribution in [0, 0.1) is 0 Å². The van der Waals surface area contributed by atoms with E-state index in [0.29, 0.717) is 6.42 Å². The van der Waals surface area contributed by atoms with Gasteiger partial charge in [0, 0.05) is 38.3 Å². The number of amides is 1. The molecule has 0 saturated carbocycles. The fraction of sp³-hybridized carbons (Fsp3) is 0.615. The highest BCUT2D eigenvalue weighted by molar-refractivity contribution is 5.75. The van der Waals surface area contributed by atoms with Crippen molar-refractivity contribution in [1.29, 1.82) is 0 Å². The van der Waals surface area contributed by atoms with Gasteiger partial charge in [-0.25, -0.2) is 0 Å². The minimum absolute atomic E-state index is 0.285. The van der Waals surface area contributed by atoms with Crippen LogP contribution in [0.25, 0.3) is 0 Å². The Morgan fingerprint density at radius 2 is 2.00 bits per heavy atom. The molecule has 3 nitrogen and oxygen atoms in total. The maximum Gasteiger partial charge on any atom is 0.222 e. The number of carbonyl (C=O) groups excluding carboxylic acids is 1. The second kappa shape index (κ2) is 5.19. The van der Waals surface area contributed by atoms with Crippen LogP contribution < -0.4 is 0 Å². The van der Waals surface area contributed by atoms with Crippen LogP contribution >= 0.6 is 0 Å². The van der Waals surface area contributed by atoms with Crippen molar-refractivity contribution in [3.8, 4) is 0 Å². The molecular weight excluding hydrogens is 200 g/mol. The average molecular weight is 220 g/mol. The third-order valence-corrected chi connectivity index (χ3v) is 3.28. The number of hydrogen-bond acceptors (Lipinski definition) is 2. The van der Waals surface area contributed by atoms with E-state index in [1.807, 2.05) is 11.8 Å². The molecule has 1 aliphatic carbocycles. The van der Waals surface area contributed by atoms with E-state index in [9.17, 15) is 4.79 Å². The number of nitrogens with zero attached hydrogens (tertiary/aromatic N) is 2. The molecule has 1 fully saturated rings. The monoisotopic (exact) mass is 220 g/mol. The van der Waals surface area contributed by atoms with Crippen LogP contribution in [0.2, 0.25) is 0 Å². The predicted molar refractivity (Wildman–Crippen MR) is 64.9 cm³/mol. The van der Waals surface area contributed by atoms with E-state index in [1.54, 1.807) is 0 Å². The summed E-state index contributed by atoms with van der Waals surface area (Å²) in [7, 11) is 0. The third kappa shape index (κ3) is 2.46. The molecule has 88 valence electrons.